The van der Waals surface area contributed by atoms with E-state index in [0.717, 1.165) is 12.8 Å². The Morgan fingerprint density at radius 3 is 3.15 bits per heavy atom. The highest BCUT2D eigenvalue weighted by molar-refractivity contribution is 5.78. The molecule has 1 saturated heterocycles. The maximum Gasteiger partial charge on any atom is 0.271 e. The van der Waals surface area contributed by atoms with Crippen LogP contribution in [0.15, 0.2) is 35.4 Å². The Hall–Kier alpha value is -3.41. The summed E-state index contributed by atoms with van der Waals surface area (Å²) in [6.07, 6.45) is 4.82. The molecule has 1 atom stereocenters. The van der Waals surface area contributed by atoms with E-state index >= 15 is 0 Å². The first kappa shape index (κ1) is 17.4. The molecule has 1 aliphatic rings. The van der Waals surface area contributed by atoms with Crippen LogP contribution in [0.5, 0.6) is 0 Å². The van der Waals surface area contributed by atoms with Crippen molar-refractivity contribution < 1.29 is 4.79 Å². The van der Waals surface area contributed by atoms with Crippen molar-refractivity contribution >= 4 is 23.4 Å². The van der Waals surface area contributed by atoms with Gasteiger partial charge in [0.15, 0.2) is 0 Å². The number of hydrogen-bond donors (Lipinski definition) is 3. The molecular weight excluding hydrogens is 334 g/mol. The summed E-state index contributed by atoms with van der Waals surface area (Å²) >= 11 is 0. The van der Waals surface area contributed by atoms with Gasteiger partial charge in [-0.2, -0.15) is 10.2 Å². The lowest BCUT2D eigenvalue weighted by Crippen LogP contribution is -2.45. The van der Waals surface area contributed by atoms with Crippen LogP contribution in [0.4, 0.5) is 17.5 Å². The van der Waals surface area contributed by atoms with Crippen molar-refractivity contribution in [1.29, 1.82) is 5.26 Å². The molecule has 0 saturated carbocycles. The van der Waals surface area contributed by atoms with Crippen LogP contribution in [-0.4, -0.2) is 44.9 Å². The molecule has 0 aromatic carbocycles. The summed E-state index contributed by atoms with van der Waals surface area (Å²) in [5, 5.41) is 14.9. The zero-order valence-electron chi connectivity index (χ0n) is 14.1. The molecule has 134 valence electrons. The summed E-state index contributed by atoms with van der Waals surface area (Å²) in [4.78, 5) is 36.4. The van der Waals surface area contributed by atoms with Crippen molar-refractivity contribution in [1.82, 2.24) is 19.9 Å². The van der Waals surface area contributed by atoms with Gasteiger partial charge in [0.05, 0.1) is 6.07 Å². The predicted octanol–water partition coefficient (Wildman–Crippen LogP) is 1.23. The maximum absolute atomic E-state index is 11.9. The fourth-order valence-corrected chi connectivity index (χ4v) is 2.85. The molecule has 1 amide bonds. The Morgan fingerprint density at radius 2 is 2.35 bits per heavy atom. The molecule has 1 fully saturated rings. The van der Waals surface area contributed by atoms with E-state index in [1.165, 1.54) is 0 Å². The van der Waals surface area contributed by atoms with E-state index in [-0.39, 0.29) is 23.9 Å². The minimum absolute atomic E-state index is 0.0503. The number of likely N-dealkylation sites (tertiary alicyclic amines) is 1. The quantitative estimate of drug-likeness (QED) is 0.737. The second-order valence-corrected chi connectivity index (χ2v) is 5.96. The molecule has 2 aromatic rings. The van der Waals surface area contributed by atoms with Gasteiger partial charge in [0.25, 0.3) is 5.56 Å². The van der Waals surface area contributed by atoms with Crippen LogP contribution in [0, 0.1) is 11.3 Å². The highest BCUT2D eigenvalue weighted by Gasteiger charge is 2.23. The molecule has 0 spiro atoms. The van der Waals surface area contributed by atoms with Crippen molar-refractivity contribution in [2.75, 3.05) is 23.7 Å². The number of anilines is 3. The summed E-state index contributed by atoms with van der Waals surface area (Å²) in [5.74, 6) is 0.765. The van der Waals surface area contributed by atoms with Gasteiger partial charge in [-0.15, -0.1) is 0 Å². The van der Waals surface area contributed by atoms with Crippen molar-refractivity contribution in [3.63, 3.8) is 0 Å². The number of hydrogen-bond acceptors (Lipinski definition) is 7. The molecule has 9 heteroatoms. The standard InChI is InChI=1S/C17H19N7O2/c18-7-5-15(25)24-10-2-3-12(11-24)21-14-6-9-20-17(23-14)22-13-4-1-8-19-16(13)26/h1,4,6,8-9,12H,2-3,5,10-11H2,(H,19,26)(H2,20,21,22,23)/t12-/m1/s1. The van der Waals surface area contributed by atoms with Gasteiger partial charge in [0, 0.05) is 31.5 Å². The van der Waals surface area contributed by atoms with E-state index in [2.05, 4.69) is 25.6 Å². The van der Waals surface area contributed by atoms with Gasteiger partial charge < -0.3 is 20.5 Å². The molecule has 1 aliphatic heterocycles. The number of amides is 1. The lowest BCUT2D eigenvalue weighted by Gasteiger charge is -2.33. The molecule has 3 N–H and O–H groups in total. The minimum Gasteiger partial charge on any atom is -0.365 e. The number of H-pyrrole nitrogens is 1. The maximum atomic E-state index is 11.9. The van der Waals surface area contributed by atoms with Crippen LogP contribution in [0.1, 0.15) is 19.3 Å². The first-order valence-electron chi connectivity index (χ1n) is 8.35. The van der Waals surface area contributed by atoms with Gasteiger partial charge in [0.2, 0.25) is 11.9 Å². The number of aromatic amines is 1. The molecular formula is C17H19N7O2. The zero-order chi connectivity index (χ0) is 18.4. The molecule has 0 bridgehead atoms. The number of carbonyl (C=O) groups is 1. The Bertz CT molecular complexity index is 874. The molecule has 0 radical (unpaired) electrons. The summed E-state index contributed by atoms with van der Waals surface area (Å²) in [6.45, 7) is 1.21. The fourth-order valence-electron chi connectivity index (χ4n) is 2.85. The summed E-state index contributed by atoms with van der Waals surface area (Å²) < 4.78 is 0. The average molecular weight is 353 g/mol. The molecule has 0 unspecified atom stereocenters. The number of piperidine rings is 1. The molecule has 3 rings (SSSR count). The van der Waals surface area contributed by atoms with Gasteiger partial charge in [-0.1, -0.05) is 0 Å². The van der Waals surface area contributed by atoms with E-state index < -0.39 is 0 Å². The first-order chi connectivity index (χ1) is 12.7. The fraction of sp³-hybridized carbons (Fsp3) is 0.353. The SMILES string of the molecule is N#CCC(=O)N1CCC[C@@H](Nc2ccnc(Nc3ccc[nH]c3=O)n2)C1. The third-order valence-corrected chi connectivity index (χ3v) is 4.08. The monoisotopic (exact) mass is 353 g/mol. The lowest BCUT2D eigenvalue weighted by atomic mass is 10.1. The zero-order valence-corrected chi connectivity index (χ0v) is 14.1. The van der Waals surface area contributed by atoms with Crippen molar-refractivity contribution in [2.24, 2.45) is 0 Å². The second-order valence-electron chi connectivity index (χ2n) is 5.96. The van der Waals surface area contributed by atoms with Crippen molar-refractivity contribution in [3.05, 3.63) is 40.9 Å². The molecule has 26 heavy (non-hydrogen) atoms. The van der Waals surface area contributed by atoms with Crippen LogP contribution < -0.4 is 16.2 Å². The van der Waals surface area contributed by atoms with Gasteiger partial charge in [-0.25, -0.2) is 4.98 Å². The topological polar surface area (TPSA) is 127 Å². The van der Waals surface area contributed by atoms with E-state index in [1.54, 1.807) is 35.5 Å². The van der Waals surface area contributed by atoms with Crippen LogP contribution in [0.25, 0.3) is 0 Å². The Morgan fingerprint density at radius 1 is 1.46 bits per heavy atom. The van der Waals surface area contributed by atoms with Gasteiger partial charge in [0.1, 0.15) is 17.9 Å². The van der Waals surface area contributed by atoms with Gasteiger partial charge in [-0.3, -0.25) is 9.59 Å². The van der Waals surface area contributed by atoms with E-state index in [0.29, 0.717) is 30.5 Å². The number of nitriles is 1. The number of nitrogens with one attached hydrogen (secondary N) is 3. The summed E-state index contributed by atoms with van der Waals surface area (Å²) in [7, 11) is 0. The summed E-state index contributed by atoms with van der Waals surface area (Å²) in [6, 6.07) is 7.03. The first-order valence-corrected chi connectivity index (χ1v) is 8.35. The number of rotatable bonds is 5. The van der Waals surface area contributed by atoms with Crippen LogP contribution >= 0.6 is 0 Å². The largest absolute Gasteiger partial charge is 0.365 e. The van der Waals surface area contributed by atoms with Gasteiger partial charge in [-0.05, 0) is 31.0 Å². The third-order valence-electron chi connectivity index (χ3n) is 4.08. The highest BCUT2D eigenvalue weighted by atomic mass is 16.2. The van der Waals surface area contributed by atoms with Gasteiger partial charge >= 0.3 is 0 Å². The molecule has 9 nitrogen and oxygen atoms in total. The summed E-state index contributed by atoms with van der Waals surface area (Å²) in [5.41, 5.74) is 0.101. The van der Waals surface area contributed by atoms with Crippen molar-refractivity contribution in [3.8, 4) is 6.07 Å². The van der Waals surface area contributed by atoms with Crippen LogP contribution in [0.3, 0.4) is 0 Å². The highest BCUT2D eigenvalue weighted by Crippen LogP contribution is 2.17. The van der Waals surface area contributed by atoms with Crippen LogP contribution in [-0.2, 0) is 4.79 Å². The van der Waals surface area contributed by atoms with E-state index in [1.807, 2.05) is 6.07 Å². The molecule has 0 aliphatic carbocycles. The number of carbonyl (C=O) groups excluding carboxylic acids is 1. The van der Waals surface area contributed by atoms with Crippen LogP contribution in [0.2, 0.25) is 0 Å². The Kier molecular flexibility index (Phi) is 5.43. The average Bonchev–Trinajstić information content (AvgIpc) is 2.64. The second kappa shape index (κ2) is 8.11. The van der Waals surface area contributed by atoms with E-state index in [4.69, 9.17) is 5.26 Å². The number of aromatic nitrogens is 3. The molecule has 2 aromatic heterocycles. The predicted molar refractivity (Wildman–Crippen MR) is 95.8 cm³/mol. The van der Waals surface area contributed by atoms with Crippen molar-refractivity contribution in [2.45, 2.75) is 25.3 Å². The lowest BCUT2D eigenvalue weighted by molar-refractivity contribution is -0.131. The minimum atomic E-state index is -0.256. The molecule has 3 heterocycles. The van der Waals surface area contributed by atoms with E-state index in [9.17, 15) is 9.59 Å². The smallest absolute Gasteiger partial charge is 0.271 e. The Balaban J connectivity index is 1.65. The number of nitrogens with zero attached hydrogens (tertiary/aromatic N) is 4. The number of pyridine rings is 1. The normalized spacial score (nSPS) is 16.6. The Labute approximate surface area is 150 Å². The third kappa shape index (κ3) is 4.36.